The van der Waals surface area contributed by atoms with Crippen molar-refractivity contribution in [1.82, 2.24) is 14.1 Å². The van der Waals surface area contributed by atoms with E-state index in [9.17, 15) is 4.79 Å². The third kappa shape index (κ3) is 4.19. The first-order valence-electron chi connectivity index (χ1n) is 11.0. The largest absolute Gasteiger partial charge is 0.307 e. The summed E-state index contributed by atoms with van der Waals surface area (Å²) in [6.45, 7) is 6.18. The van der Waals surface area contributed by atoms with Gasteiger partial charge in [-0.3, -0.25) is 4.79 Å². The lowest BCUT2D eigenvalue weighted by Crippen LogP contribution is -2.27. The van der Waals surface area contributed by atoms with Gasteiger partial charge in [0.1, 0.15) is 0 Å². The summed E-state index contributed by atoms with van der Waals surface area (Å²) >= 11 is 7.70. The molecule has 4 nitrogen and oxygen atoms in total. The molecule has 6 heteroatoms. The van der Waals surface area contributed by atoms with Crippen molar-refractivity contribution in [3.05, 3.63) is 103 Å². The Morgan fingerprint density at radius 2 is 1.97 bits per heavy atom. The number of pyridine rings is 1. The Morgan fingerprint density at radius 1 is 1.16 bits per heavy atom. The quantitative estimate of drug-likeness (QED) is 0.330. The molecule has 1 aliphatic carbocycles. The van der Waals surface area contributed by atoms with Gasteiger partial charge in [0, 0.05) is 34.9 Å². The molecule has 1 aromatic carbocycles. The zero-order valence-corrected chi connectivity index (χ0v) is 20.1. The minimum Gasteiger partial charge on any atom is -0.307 e. The minimum absolute atomic E-state index is 0.0361. The molecule has 0 spiro atoms. The lowest BCUT2D eigenvalue weighted by molar-refractivity contribution is 0.614. The molecule has 1 atom stereocenters. The predicted octanol–water partition coefficient (Wildman–Crippen LogP) is 6.44. The van der Waals surface area contributed by atoms with E-state index >= 15 is 0 Å². The lowest BCUT2D eigenvalue weighted by Gasteiger charge is -2.17. The van der Waals surface area contributed by atoms with Gasteiger partial charge in [-0.25, -0.2) is 4.98 Å². The Hall–Kier alpha value is -2.63. The lowest BCUT2D eigenvalue weighted by atomic mass is 10.0. The van der Waals surface area contributed by atoms with E-state index in [1.54, 1.807) is 11.3 Å². The van der Waals surface area contributed by atoms with E-state index in [0.717, 1.165) is 31.7 Å². The molecule has 5 rings (SSSR count). The summed E-state index contributed by atoms with van der Waals surface area (Å²) in [6.07, 6.45) is 8.97. The van der Waals surface area contributed by atoms with Gasteiger partial charge in [-0.1, -0.05) is 23.7 Å². The SMILES string of the molecule is Cc1cn(-c2ccc(Cc3cc(C4CC4)cn([C@@H](C)c4ccc(Cl)s4)c3=O)cc2C)cn1. The van der Waals surface area contributed by atoms with Gasteiger partial charge in [0.25, 0.3) is 5.56 Å². The van der Waals surface area contributed by atoms with Crippen LogP contribution in [0, 0.1) is 13.8 Å². The predicted molar refractivity (Wildman–Crippen MR) is 132 cm³/mol. The van der Waals surface area contributed by atoms with Crippen molar-refractivity contribution in [2.24, 2.45) is 0 Å². The maximum Gasteiger partial charge on any atom is 0.254 e. The highest BCUT2D eigenvalue weighted by Gasteiger charge is 2.26. The van der Waals surface area contributed by atoms with Gasteiger partial charge in [-0.2, -0.15) is 0 Å². The van der Waals surface area contributed by atoms with Crippen molar-refractivity contribution in [1.29, 1.82) is 0 Å². The fourth-order valence-corrected chi connectivity index (χ4v) is 5.43. The first-order chi connectivity index (χ1) is 15.4. The molecular weight excluding hydrogens is 438 g/mol. The van der Waals surface area contributed by atoms with Crippen molar-refractivity contribution in [3.63, 3.8) is 0 Å². The van der Waals surface area contributed by atoms with Crippen LogP contribution in [0.4, 0.5) is 0 Å². The summed E-state index contributed by atoms with van der Waals surface area (Å²) in [5.74, 6) is 0.577. The maximum absolute atomic E-state index is 13.5. The number of hydrogen-bond donors (Lipinski definition) is 0. The van der Waals surface area contributed by atoms with Gasteiger partial charge < -0.3 is 9.13 Å². The minimum atomic E-state index is -0.0361. The third-order valence-corrected chi connectivity index (χ3v) is 7.66. The molecule has 1 fully saturated rings. The topological polar surface area (TPSA) is 39.8 Å². The second-order valence-corrected chi connectivity index (χ2v) is 10.6. The Morgan fingerprint density at radius 3 is 2.59 bits per heavy atom. The molecule has 32 heavy (non-hydrogen) atoms. The van der Waals surface area contributed by atoms with Crippen molar-refractivity contribution >= 4 is 22.9 Å². The average Bonchev–Trinajstić information content (AvgIpc) is 3.39. The summed E-state index contributed by atoms with van der Waals surface area (Å²) < 4.78 is 4.70. The molecule has 3 aromatic heterocycles. The normalized spacial score (nSPS) is 14.6. The molecule has 0 N–H and O–H groups in total. The van der Waals surface area contributed by atoms with Crippen LogP contribution in [0.25, 0.3) is 5.69 Å². The molecule has 0 aliphatic heterocycles. The molecule has 1 aliphatic rings. The van der Waals surface area contributed by atoms with Crippen LogP contribution in [0.1, 0.15) is 64.6 Å². The number of imidazole rings is 1. The standard InChI is InChI=1S/C26H26ClN3OS/c1-16-10-19(4-7-23(16)29-13-17(2)28-15-29)11-21-12-22(20-5-6-20)14-30(26(21)31)18(3)24-8-9-25(27)32-24/h4,7-10,12-15,18,20H,5-6,11H2,1-3H3/t18-/m0/s1. The number of rotatable bonds is 6. The summed E-state index contributed by atoms with van der Waals surface area (Å²) in [6, 6.07) is 12.4. The molecule has 0 unspecified atom stereocenters. The molecule has 4 aromatic rings. The second-order valence-electron chi connectivity index (χ2n) is 8.82. The Bertz CT molecular complexity index is 1350. The maximum atomic E-state index is 13.5. The molecule has 164 valence electrons. The van der Waals surface area contributed by atoms with Crippen LogP contribution in [0.3, 0.4) is 0 Å². The van der Waals surface area contributed by atoms with Crippen LogP contribution >= 0.6 is 22.9 Å². The van der Waals surface area contributed by atoms with E-state index in [1.165, 1.54) is 24.0 Å². The van der Waals surface area contributed by atoms with Crippen LogP contribution in [0.2, 0.25) is 4.34 Å². The highest BCUT2D eigenvalue weighted by atomic mass is 35.5. The van der Waals surface area contributed by atoms with Crippen molar-refractivity contribution in [3.8, 4) is 5.69 Å². The summed E-state index contributed by atoms with van der Waals surface area (Å²) in [5, 5.41) is 0. The van der Waals surface area contributed by atoms with E-state index in [-0.39, 0.29) is 11.6 Å². The van der Waals surface area contributed by atoms with Gasteiger partial charge in [-0.05, 0) is 80.5 Å². The van der Waals surface area contributed by atoms with Crippen LogP contribution in [0.15, 0.2) is 59.9 Å². The number of nitrogens with zero attached hydrogens (tertiary/aromatic N) is 3. The number of benzene rings is 1. The van der Waals surface area contributed by atoms with Crippen molar-refractivity contribution in [2.45, 2.75) is 52.0 Å². The van der Waals surface area contributed by atoms with Crippen molar-refractivity contribution < 1.29 is 0 Å². The molecule has 0 amide bonds. The van der Waals surface area contributed by atoms with E-state index in [4.69, 9.17) is 11.6 Å². The van der Waals surface area contributed by atoms with E-state index < -0.39 is 0 Å². The Labute approximate surface area is 197 Å². The first-order valence-corrected chi connectivity index (χ1v) is 12.2. The molecule has 0 radical (unpaired) electrons. The summed E-state index contributed by atoms with van der Waals surface area (Å²) in [7, 11) is 0. The number of hydrogen-bond acceptors (Lipinski definition) is 3. The first kappa shape index (κ1) is 21.2. The van der Waals surface area contributed by atoms with Gasteiger partial charge in [0.15, 0.2) is 0 Å². The zero-order chi connectivity index (χ0) is 22.4. The molecule has 0 saturated heterocycles. The van der Waals surface area contributed by atoms with E-state index in [1.807, 2.05) is 40.7 Å². The smallest absolute Gasteiger partial charge is 0.254 e. The molecular formula is C26H26ClN3OS. The number of aryl methyl sites for hydroxylation is 2. The zero-order valence-electron chi connectivity index (χ0n) is 18.5. The number of aromatic nitrogens is 3. The molecule has 0 bridgehead atoms. The van der Waals surface area contributed by atoms with Crippen LogP contribution in [0.5, 0.6) is 0 Å². The summed E-state index contributed by atoms with van der Waals surface area (Å²) in [4.78, 5) is 18.9. The highest BCUT2D eigenvalue weighted by Crippen LogP contribution is 2.40. The summed E-state index contributed by atoms with van der Waals surface area (Å²) in [5.41, 5.74) is 6.63. The van der Waals surface area contributed by atoms with Crippen LogP contribution in [-0.2, 0) is 6.42 Å². The fourth-order valence-electron chi connectivity index (χ4n) is 4.32. The third-order valence-electron chi connectivity index (χ3n) is 6.26. The Balaban J connectivity index is 1.50. The van der Waals surface area contributed by atoms with Gasteiger partial charge in [-0.15, -0.1) is 11.3 Å². The van der Waals surface area contributed by atoms with Gasteiger partial charge in [0.2, 0.25) is 0 Å². The number of halogens is 1. The van der Waals surface area contributed by atoms with Crippen molar-refractivity contribution in [2.75, 3.05) is 0 Å². The second kappa shape index (κ2) is 8.38. The van der Waals surface area contributed by atoms with Crippen LogP contribution < -0.4 is 5.56 Å². The Kier molecular flexibility index (Phi) is 5.56. The monoisotopic (exact) mass is 463 g/mol. The van der Waals surface area contributed by atoms with E-state index in [0.29, 0.717) is 12.3 Å². The van der Waals surface area contributed by atoms with Crippen LogP contribution in [-0.4, -0.2) is 14.1 Å². The van der Waals surface area contributed by atoms with Gasteiger partial charge in [0.05, 0.1) is 22.4 Å². The van der Waals surface area contributed by atoms with E-state index in [2.05, 4.69) is 49.3 Å². The fraction of sp³-hybridized carbons (Fsp3) is 0.308. The average molecular weight is 464 g/mol. The molecule has 1 saturated carbocycles. The van der Waals surface area contributed by atoms with Gasteiger partial charge >= 0.3 is 0 Å². The highest BCUT2D eigenvalue weighted by molar-refractivity contribution is 7.16. The molecule has 3 heterocycles. The number of thiophene rings is 1.